The first-order valence-electron chi connectivity index (χ1n) is 8.39. The highest BCUT2D eigenvalue weighted by atomic mass is 19.4. The number of aromatic nitrogens is 3. The molecule has 8 nitrogen and oxygen atoms in total. The Balaban J connectivity index is 2.13. The summed E-state index contributed by atoms with van der Waals surface area (Å²) in [4.78, 5) is 27.2. The number of carbonyl (C=O) groups is 2. The topological polar surface area (TPSA) is 123 Å². The number of halogens is 3. The van der Waals surface area contributed by atoms with E-state index in [1.807, 2.05) is 0 Å². The number of nitrogen functional groups attached to an aromatic ring is 1. The number of nitrogens with two attached hydrogens (primary N) is 1. The molecule has 2 heterocycles. The first-order valence-corrected chi connectivity index (χ1v) is 8.39. The van der Waals surface area contributed by atoms with E-state index in [1.54, 1.807) is 30.3 Å². The summed E-state index contributed by atoms with van der Waals surface area (Å²) >= 11 is 0. The van der Waals surface area contributed by atoms with Crippen LogP contribution < -0.4 is 11.1 Å². The summed E-state index contributed by atoms with van der Waals surface area (Å²) in [5, 5.41) is 14.5. The van der Waals surface area contributed by atoms with Crippen LogP contribution in [0.25, 0.3) is 22.3 Å². The third kappa shape index (κ3) is 4.13. The van der Waals surface area contributed by atoms with Crippen LogP contribution in [0, 0.1) is 0 Å². The van der Waals surface area contributed by atoms with E-state index in [2.05, 4.69) is 15.4 Å². The van der Waals surface area contributed by atoms with Gasteiger partial charge in [0.25, 0.3) is 0 Å². The van der Waals surface area contributed by atoms with E-state index in [4.69, 9.17) is 10.8 Å². The van der Waals surface area contributed by atoms with Gasteiger partial charge in [0.05, 0.1) is 16.6 Å². The minimum atomic E-state index is -4.73. The van der Waals surface area contributed by atoms with Crippen molar-refractivity contribution in [1.82, 2.24) is 20.1 Å². The van der Waals surface area contributed by atoms with Crippen LogP contribution in [0.3, 0.4) is 0 Å². The zero-order chi connectivity index (χ0) is 21.3. The molecule has 0 unspecified atom stereocenters. The molecule has 0 bridgehead atoms. The number of anilines is 1. The Hall–Kier alpha value is -3.63. The molecule has 1 atom stereocenters. The van der Waals surface area contributed by atoms with Crippen LogP contribution in [-0.4, -0.2) is 37.8 Å². The zero-order valence-electron chi connectivity index (χ0n) is 15.1. The highest BCUT2D eigenvalue weighted by molar-refractivity contribution is 5.93. The van der Waals surface area contributed by atoms with E-state index in [1.165, 1.54) is 6.92 Å². The second kappa shape index (κ2) is 7.41. The Morgan fingerprint density at radius 3 is 2.52 bits per heavy atom. The molecule has 0 aliphatic heterocycles. The summed E-state index contributed by atoms with van der Waals surface area (Å²) < 4.78 is 41.9. The number of pyridine rings is 1. The third-order valence-corrected chi connectivity index (χ3v) is 4.15. The molecule has 0 saturated carbocycles. The van der Waals surface area contributed by atoms with E-state index >= 15 is 0 Å². The van der Waals surface area contributed by atoms with Gasteiger partial charge in [-0.3, -0.25) is 9.59 Å². The molecule has 0 spiro atoms. The van der Waals surface area contributed by atoms with Crippen LogP contribution in [0.2, 0.25) is 0 Å². The van der Waals surface area contributed by atoms with Gasteiger partial charge in [0, 0.05) is 5.56 Å². The fourth-order valence-electron chi connectivity index (χ4n) is 2.77. The van der Waals surface area contributed by atoms with Crippen molar-refractivity contribution in [2.24, 2.45) is 0 Å². The number of carboxylic acid groups (broad SMARTS) is 1. The van der Waals surface area contributed by atoms with Crippen LogP contribution in [0.15, 0.2) is 36.4 Å². The van der Waals surface area contributed by atoms with Crippen molar-refractivity contribution in [2.75, 3.05) is 5.73 Å². The lowest BCUT2D eigenvalue weighted by molar-refractivity contribution is -0.141. The number of carboxylic acids is 1. The molecule has 1 amide bonds. The molecule has 1 aromatic carbocycles. The molecule has 0 aliphatic rings. The fraction of sp³-hybridized carbons (Fsp3) is 0.222. The van der Waals surface area contributed by atoms with E-state index in [9.17, 15) is 22.8 Å². The third-order valence-electron chi connectivity index (χ3n) is 4.15. The van der Waals surface area contributed by atoms with Gasteiger partial charge < -0.3 is 16.2 Å². The molecular weight excluding hydrogens is 391 g/mol. The Morgan fingerprint density at radius 2 is 1.93 bits per heavy atom. The summed E-state index contributed by atoms with van der Waals surface area (Å²) in [6.45, 7) is 0.706. The lowest BCUT2D eigenvalue weighted by Gasteiger charge is -2.12. The number of nitrogens with zero attached hydrogens (tertiary/aromatic N) is 3. The van der Waals surface area contributed by atoms with Crippen molar-refractivity contribution in [3.8, 4) is 11.3 Å². The van der Waals surface area contributed by atoms with Crippen LogP contribution in [0.4, 0.5) is 19.0 Å². The summed E-state index contributed by atoms with van der Waals surface area (Å²) in [6.07, 6.45) is -4.73. The van der Waals surface area contributed by atoms with Crippen molar-refractivity contribution in [3.63, 3.8) is 0 Å². The van der Waals surface area contributed by atoms with Gasteiger partial charge in [0.2, 0.25) is 5.91 Å². The Bertz CT molecular complexity index is 1080. The van der Waals surface area contributed by atoms with Gasteiger partial charge in [0.15, 0.2) is 11.5 Å². The molecule has 0 saturated heterocycles. The first kappa shape index (κ1) is 20.1. The number of amides is 1. The molecule has 29 heavy (non-hydrogen) atoms. The predicted molar refractivity (Wildman–Crippen MR) is 97.6 cm³/mol. The minimum Gasteiger partial charge on any atom is -0.480 e. The number of hydrogen-bond donors (Lipinski definition) is 3. The number of rotatable bonds is 5. The van der Waals surface area contributed by atoms with Crippen LogP contribution in [0.1, 0.15) is 12.5 Å². The van der Waals surface area contributed by atoms with Crippen LogP contribution in [-0.2, 0) is 22.3 Å². The van der Waals surface area contributed by atoms with E-state index in [-0.39, 0.29) is 11.3 Å². The molecule has 4 N–H and O–H groups in total. The second-order valence-electron chi connectivity index (χ2n) is 6.29. The lowest BCUT2D eigenvalue weighted by Crippen LogP contribution is -2.40. The second-order valence-corrected chi connectivity index (χ2v) is 6.29. The van der Waals surface area contributed by atoms with Gasteiger partial charge in [-0.2, -0.15) is 18.3 Å². The Morgan fingerprint density at radius 1 is 1.28 bits per heavy atom. The van der Waals surface area contributed by atoms with Gasteiger partial charge in [-0.25, -0.2) is 9.67 Å². The fourth-order valence-corrected chi connectivity index (χ4v) is 2.77. The number of nitrogens with one attached hydrogen (secondary N) is 1. The Kier molecular flexibility index (Phi) is 5.14. The summed E-state index contributed by atoms with van der Waals surface area (Å²) in [6, 6.07) is 7.91. The van der Waals surface area contributed by atoms with E-state index in [0.29, 0.717) is 5.56 Å². The van der Waals surface area contributed by atoms with Crippen molar-refractivity contribution in [3.05, 3.63) is 42.0 Å². The number of hydrogen-bond acceptors (Lipinski definition) is 5. The number of alkyl halides is 3. The molecular formula is C18H16F3N5O3. The summed E-state index contributed by atoms with van der Waals surface area (Å²) in [7, 11) is 0. The van der Waals surface area contributed by atoms with E-state index in [0.717, 1.165) is 10.7 Å². The number of benzene rings is 1. The molecule has 152 valence electrons. The molecule has 0 fully saturated rings. The smallest absolute Gasteiger partial charge is 0.417 e. The maximum atomic E-state index is 13.7. The summed E-state index contributed by atoms with van der Waals surface area (Å²) in [5.74, 6) is -2.45. The minimum absolute atomic E-state index is 0.0332. The standard InChI is InChI=1S/C18H16F3N5O3/c1-9(17(28)29)23-13(27)8-26-16-14(15(22)25-26)11(18(19,20)21)7-12(24-16)10-5-3-2-4-6-10/h2-7,9H,8H2,1H3,(H2,22,25)(H,23,27)(H,28,29)/t9-/m0/s1. The average Bonchev–Trinajstić information content (AvgIpc) is 2.96. The highest BCUT2D eigenvalue weighted by Crippen LogP contribution is 2.38. The summed E-state index contributed by atoms with van der Waals surface area (Å²) in [5.41, 5.74) is 4.91. The van der Waals surface area contributed by atoms with Gasteiger partial charge in [-0.05, 0) is 13.0 Å². The molecule has 3 aromatic rings. The average molecular weight is 407 g/mol. The molecule has 0 radical (unpaired) electrons. The van der Waals surface area contributed by atoms with Crippen LogP contribution in [0.5, 0.6) is 0 Å². The predicted octanol–water partition coefficient (Wildman–Crippen LogP) is 2.29. The van der Waals surface area contributed by atoms with Crippen molar-refractivity contribution in [2.45, 2.75) is 25.7 Å². The molecule has 2 aromatic heterocycles. The van der Waals surface area contributed by atoms with Gasteiger partial charge in [-0.15, -0.1) is 0 Å². The zero-order valence-corrected chi connectivity index (χ0v) is 15.1. The normalized spacial score (nSPS) is 12.7. The lowest BCUT2D eigenvalue weighted by atomic mass is 10.1. The van der Waals surface area contributed by atoms with Crippen LogP contribution >= 0.6 is 0 Å². The number of aliphatic carboxylic acids is 1. The Labute approximate surface area is 162 Å². The SMILES string of the molecule is C[C@H](NC(=O)Cn1nc(N)c2c(C(F)(F)F)cc(-c3ccccc3)nc21)C(=O)O. The van der Waals surface area contributed by atoms with E-state index < -0.39 is 47.4 Å². The van der Waals surface area contributed by atoms with Gasteiger partial charge in [0.1, 0.15) is 12.6 Å². The molecule has 11 heteroatoms. The maximum absolute atomic E-state index is 13.7. The quantitative estimate of drug-likeness (QED) is 0.596. The molecule has 0 aliphatic carbocycles. The maximum Gasteiger partial charge on any atom is 0.417 e. The number of carbonyl (C=O) groups excluding carboxylic acids is 1. The first-order chi connectivity index (χ1) is 13.6. The largest absolute Gasteiger partial charge is 0.480 e. The monoisotopic (exact) mass is 407 g/mol. The van der Waals surface area contributed by atoms with Crippen molar-refractivity contribution in [1.29, 1.82) is 0 Å². The number of fused-ring (bicyclic) bond motifs is 1. The molecule has 3 rings (SSSR count). The van der Waals surface area contributed by atoms with Crippen molar-refractivity contribution >= 4 is 28.7 Å². The van der Waals surface area contributed by atoms with Crippen molar-refractivity contribution < 1.29 is 27.9 Å². The van der Waals surface area contributed by atoms with Gasteiger partial charge in [-0.1, -0.05) is 30.3 Å². The van der Waals surface area contributed by atoms with Gasteiger partial charge >= 0.3 is 12.1 Å². The highest BCUT2D eigenvalue weighted by Gasteiger charge is 2.36.